The number of primary amides is 1. The Morgan fingerprint density at radius 2 is 2.21 bits per heavy atom. The van der Waals surface area contributed by atoms with Crippen molar-refractivity contribution >= 4 is 29.0 Å². The number of piperidine rings is 1. The number of nitrogens with two attached hydrogens (primary N) is 1. The van der Waals surface area contributed by atoms with E-state index in [9.17, 15) is 4.79 Å². The standard InChI is InChI=1S/C20H28N6OS/c1-14-7-10-28-17(14)12-25-20(22-2)24-11-15-5-3-8-23-19(15)26-9-4-6-16(13-26)18(21)27/h3,5,7-8,10,16H,4,6,9,11-13H2,1-2H3,(H2,21,27)(H2,22,24,25). The molecule has 0 radical (unpaired) electrons. The number of amides is 1. The van der Waals surface area contributed by atoms with Crippen LogP contribution >= 0.6 is 11.3 Å². The highest BCUT2D eigenvalue weighted by Crippen LogP contribution is 2.24. The van der Waals surface area contributed by atoms with Crippen LogP contribution in [0, 0.1) is 12.8 Å². The summed E-state index contributed by atoms with van der Waals surface area (Å²) < 4.78 is 0. The molecule has 4 N–H and O–H groups in total. The first-order valence-electron chi connectivity index (χ1n) is 9.54. The average molecular weight is 401 g/mol. The van der Waals surface area contributed by atoms with Crippen LogP contribution in [-0.4, -0.2) is 37.0 Å². The summed E-state index contributed by atoms with van der Waals surface area (Å²) in [5.41, 5.74) is 7.89. The summed E-state index contributed by atoms with van der Waals surface area (Å²) in [7, 11) is 1.77. The number of aliphatic imine (C=N–C) groups is 1. The molecule has 7 nitrogen and oxygen atoms in total. The molecular weight excluding hydrogens is 372 g/mol. The Labute approximate surface area is 170 Å². The molecular formula is C20H28N6OS. The number of guanidine groups is 1. The van der Waals surface area contributed by atoms with Gasteiger partial charge in [-0.2, -0.15) is 0 Å². The van der Waals surface area contributed by atoms with Crippen LogP contribution in [0.4, 0.5) is 5.82 Å². The van der Waals surface area contributed by atoms with E-state index in [1.165, 1.54) is 10.4 Å². The Morgan fingerprint density at radius 1 is 1.39 bits per heavy atom. The van der Waals surface area contributed by atoms with E-state index in [1.807, 2.05) is 6.07 Å². The van der Waals surface area contributed by atoms with Gasteiger partial charge < -0.3 is 21.3 Å². The number of nitrogens with one attached hydrogen (secondary N) is 2. The normalized spacial score (nSPS) is 17.4. The molecule has 0 aliphatic carbocycles. The predicted octanol–water partition coefficient (Wildman–Crippen LogP) is 2.02. The number of nitrogens with zero attached hydrogens (tertiary/aromatic N) is 3. The molecule has 0 aromatic carbocycles. The minimum absolute atomic E-state index is 0.111. The van der Waals surface area contributed by atoms with Crippen LogP contribution in [0.15, 0.2) is 34.8 Å². The van der Waals surface area contributed by atoms with Crippen LogP contribution < -0.4 is 21.3 Å². The van der Waals surface area contributed by atoms with E-state index in [0.29, 0.717) is 13.1 Å². The van der Waals surface area contributed by atoms with Crippen LogP contribution in [-0.2, 0) is 17.9 Å². The molecule has 0 saturated carbocycles. The number of rotatable bonds is 6. The smallest absolute Gasteiger partial charge is 0.222 e. The topological polar surface area (TPSA) is 95.6 Å². The number of aromatic nitrogens is 1. The van der Waals surface area contributed by atoms with Crippen LogP contribution in [0.1, 0.15) is 28.8 Å². The molecule has 150 valence electrons. The maximum atomic E-state index is 11.6. The third-order valence-electron chi connectivity index (χ3n) is 5.05. The molecule has 2 aromatic heterocycles. The van der Waals surface area contributed by atoms with Crippen molar-refractivity contribution in [2.45, 2.75) is 32.9 Å². The Bertz CT molecular complexity index is 834. The average Bonchev–Trinajstić information content (AvgIpc) is 3.13. The second-order valence-electron chi connectivity index (χ2n) is 6.98. The first-order valence-corrected chi connectivity index (χ1v) is 10.4. The number of hydrogen-bond donors (Lipinski definition) is 3. The molecule has 8 heteroatoms. The van der Waals surface area contributed by atoms with Gasteiger partial charge in [0.25, 0.3) is 0 Å². The third kappa shape index (κ3) is 5.01. The van der Waals surface area contributed by atoms with E-state index >= 15 is 0 Å². The number of carbonyl (C=O) groups is 1. The van der Waals surface area contributed by atoms with Gasteiger partial charge in [-0.3, -0.25) is 9.79 Å². The molecule has 2 aromatic rings. The van der Waals surface area contributed by atoms with Crippen LogP contribution in [0.25, 0.3) is 0 Å². The lowest BCUT2D eigenvalue weighted by Gasteiger charge is -2.33. The summed E-state index contributed by atoms with van der Waals surface area (Å²) >= 11 is 1.74. The van der Waals surface area contributed by atoms with Gasteiger partial charge in [0.05, 0.1) is 12.5 Å². The van der Waals surface area contributed by atoms with E-state index in [2.05, 4.69) is 49.9 Å². The molecule has 1 saturated heterocycles. The third-order valence-corrected chi connectivity index (χ3v) is 6.07. The first kappa shape index (κ1) is 20.1. The molecule has 1 aliphatic heterocycles. The molecule has 1 amide bonds. The molecule has 1 unspecified atom stereocenters. The SMILES string of the molecule is CN=C(NCc1cccnc1N1CCCC(C(N)=O)C1)NCc1sccc1C. The highest BCUT2D eigenvalue weighted by Gasteiger charge is 2.25. The number of hydrogen-bond acceptors (Lipinski definition) is 5. The molecule has 1 fully saturated rings. The van der Waals surface area contributed by atoms with Crippen molar-refractivity contribution < 1.29 is 4.79 Å². The molecule has 1 aliphatic rings. The van der Waals surface area contributed by atoms with E-state index < -0.39 is 0 Å². The number of carbonyl (C=O) groups excluding carboxylic acids is 1. The monoisotopic (exact) mass is 400 g/mol. The van der Waals surface area contributed by atoms with Gasteiger partial charge in [-0.25, -0.2) is 4.98 Å². The van der Waals surface area contributed by atoms with Crippen molar-refractivity contribution in [3.8, 4) is 0 Å². The minimum atomic E-state index is -0.228. The summed E-state index contributed by atoms with van der Waals surface area (Å²) in [6, 6.07) is 6.11. The van der Waals surface area contributed by atoms with Crippen LogP contribution in [0.5, 0.6) is 0 Å². The van der Waals surface area contributed by atoms with Crippen molar-refractivity contribution in [1.82, 2.24) is 15.6 Å². The van der Waals surface area contributed by atoms with E-state index in [-0.39, 0.29) is 11.8 Å². The quantitative estimate of drug-likeness (QED) is 0.509. The lowest BCUT2D eigenvalue weighted by molar-refractivity contribution is -0.122. The van der Waals surface area contributed by atoms with Gasteiger partial charge in [0, 0.05) is 43.3 Å². The van der Waals surface area contributed by atoms with Crippen LogP contribution in [0.2, 0.25) is 0 Å². The summed E-state index contributed by atoms with van der Waals surface area (Å²) in [6.45, 7) is 4.98. The van der Waals surface area contributed by atoms with Gasteiger partial charge in [-0.1, -0.05) is 6.07 Å². The summed E-state index contributed by atoms with van der Waals surface area (Å²) in [4.78, 5) is 24.0. The summed E-state index contributed by atoms with van der Waals surface area (Å²) in [5.74, 6) is 1.32. The zero-order chi connectivity index (χ0) is 19.9. The molecule has 0 bridgehead atoms. The number of anilines is 1. The molecule has 0 spiro atoms. The second kappa shape index (κ2) is 9.54. The molecule has 3 rings (SSSR count). The maximum Gasteiger partial charge on any atom is 0.222 e. The Morgan fingerprint density at radius 3 is 2.93 bits per heavy atom. The van der Waals surface area contributed by atoms with Crippen molar-refractivity contribution in [2.24, 2.45) is 16.6 Å². The minimum Gasteiger partial charge on any atom is -0.369 e. The largest absolute Gasteiger partial charge is 0.369 e. The molecule has 3 heterocycles. The summed E-state index contributed by atoms with van der Waals surface area (Å²) in [5, 5.41) is 8.82. The van der Waals surface area contributed by atoms with Crippen molar-refractivity contribution in [3.63, 3.8) is 0 Å². The van der Waals surface area contributed by atoms with Crippen molar-refractivity contribution in [2.75, 3.05) is 25.0 Å². The Kier molecular flexibility index (Phi) is 6.86. The van der Waals surface area contributed by atoms with E-state index in [4.69, 9.17) is 5.73 Å². The zero-order valence-electron chi connectivity index (χ0n) is 16.4. The first-order chi connectivity index (χ1) is 13.6. The van der Waals surface area contributed by atoms with Gasteiger partial charge >= 0.3 is 0 Å². The highest BCUT2D eigenvalue weighted by molar-refractivity contribution is 7.10. The van der Waals surface area contributed by atoms with E-state index in [1.54, 1.807) is 24.6 Å². The fourth-order valence-corrected chi connectivity index (χ4v) is 4.25. The van der Waals surface area contributed by atoms with Crippen molar-refractivity contribution in [1.29, 1.82) is 0 Å². The number of pyridine rings is 1. The Balaban J connectivity index is 1.62. The van der Waals surface area contributed by atoms with Gasteiger partial charge in [-0.15, -0.1) is 11.3 Å². The predicted molar refractivity (Wildman–Crippen MR) is 114 cm³/mol. The Hall–Kier alpha value is -2.61. The lowest BCUT2D eigenvalue weighted by Crippen LogP contribution is -2.42. The highest BCUT2D eigenvalue weighted by atomic mass is 32.1. The van der Waals surface area contributed by atoms with Crippen molar-refractivity contribution in [3.05, 3.63) is 45.8 Å². The molecule has 1 atom stereocenters. The van der Waals surface area contributed by atoms with Gasteiger partial charge in [0.1, 0.15) is 5.82 Å². The van der Waals surface area contributed by atoms with Gasteiger partial charge in [-0.05, 0) is 42.8 Å². The van der Waals surface area contributed by atoms with E-state index in [0.717, 1.165) is 43.3 Å². The second-order valence-corrected chi connectivity index (χ2v) is 7.98. The fourth-order valence-electron chi connectivity index (χ4n) is 3.40. The number of aryl methyl sites for hydroxylation is 1. The molecule has 28 heavy (non-hydrogen) atoms. The van der Waals surface area contributed by atoms with Gasteiger partial charge in [0.15, 0.2) is 5.96 Å². The van der Waals surface area contributed by atoms with Crippen LogP contribution in [0.3, 0.4) is 0 Å². The lowest BCUT2D eigenvalue weighted by atomic mass is 9.97. The maximum absolute atomic E-state index is 11.6. The number of thiophene rings is 1. The fraction of sp³-hybridized carbons (Fsp3) is 0.450. The van der Waals surface area contributed by atoms with Gasteiger partial charge in [0.2, 0.25) is 5.91 Å². The summed E-state index contributed by atoms with van der Waals surface area (Å²) in [6.07, 6.45) is 3.59. The zero-order valence-corrected chi connectivity index (χ0v) is 17.3.